The van der Waals surface area contributed by atoms with Gasteiger partial charge in [-0.2, -0.15) is 15.6 Å². The van der Waals surface area contributed by atoms with Gasteiger partial charge < -0.3 is 14.7 Å². The fourth-order valence-electron chi connectivity index (χ4n) is 3.75. The van der Waals surface area contributed by atoms with Crippen molar-refractivity contribution in [3.05, 3.63) is 33.8 Å². The van der Waals surface area contributed by atoms with E-state index in [0.29, 0.717) is 31.6 Å². The van der Waals surface area contributed by atoms with Crippen molar-refractivity contribution >= 4 is 27.3 Å². The standard InChI is InChI=1S/C19H28N4O4S2/c1-13-18(14(2)27-21-13)29(25,26)23-8-5-6-15(11-23)19(24)20-10-17(22(3)4)16-7-9-28-12-16/h7,9,12,15,17H,5-6,8,10-11H2,1-4H3,(H,20,24). The zero-order valence-corrected chi connectivity index (χ0v) is 18.8. The van der Waals surface area contributed by atoms with Crippen LogP contribution in [-0.2, 0) is 14.8 Å². The molecule has 2 atom stereocenters. The lowest BCUT2D eigenvalue weighted by Crippen LogP contribution is -2.46. The average molecular weight is 441 g/mol. The van der Waals surface area contributed by atoms with Gasteiger partial charge in [0.15, 0.2) is 5.76 Å². The minimum absolute atomic E-state index is 0.0796. The molecule has 10 heteroatoms. The number of carbonyl (C=O) groups is 1. The molecule has 0 bridgehead atoms. The van der Waals surface area contributed by atoms with E-state index >= 15 is 0 Å². The molecule has 8 nitrogen and oxygen atoms in total. The Morgan fingerprint density at radius 2 is 2.21 bits per heavy atom. The van der Waals surface area contributed by atoms with E-state index < -0.39 is 10.0 Å². The van der Waals surface area contributed by atoms with Crippen molar-refractivity contribution in [3.63, 3.8) is 0 Å². The average Bonchev–Trinajstić information content (AvgIpc) is 3.31. The smallest absolute Gasteiger partial charge is 0.248 e. The van der Waals surface area contributed by atoms with Crippen molar-refractivity contribution < 1.29 is 17.7 Å². The SMILES string of the molecule is Cc1noc(C)c1S(=O)(=O)N1CCCC(C(=O)NCC(c2ccsc2)N(C)C)C1. The van der Waals surface area contributed by atoms with E-state index in [0.717, 1.165) is 5.56 Å². The van der Waals surface area contributed by atoms with Gasteiger partial charge in [0.1, 0.15) is 10.6 Å². The second-order valence-corrected chi connectivity index (χ2v) is 10.3. The van der Waals surface area contributed by atoms with Gasteiger partial charge >= 0.3 is 0 Å². The zero-order chi connectivity index (χ0) is 21.2. The van der Waals surface area contributed by atoms with Crippen LogP contribution in [0, 0.1) is 19.8 Å². The van der Waals surface area contributed by atoms with Crippen molar-refractivity contribution in [2.45, 2.75) is 37.6 Å². The maximum Gasteiger partial charge on any atom is 0.248 e. The van der Waals surface area contributed by atoms with E-state index in [-0.39, 0.29) is 35.1 Å². The summed E-state index contributed by atoms with van der Waals surface area (Å²) in [7, 11) is 0.222. The highest BCUT2D eigenvalue weighted by atomic mass is 32.2. The lowest BCUT2D eigenvalue weighted by molar-refractivity contribution is -0.126. The van der Waals surface area contributed by atoms with Crippen molar-refractivity contribution in [3.8, 4) is 0 Å². The van der Waals surface area contributed by atoms with E-state index in [9.17, 15) is 13.2 Å². The Morgan fingerprint density at radius 1 is 1.45 bits per heavy atom. The molecule has 3 rings (SSSR count). The van der Waals surface area contributed by atoms with Gasteiger partial charge in [-0.25, -0.2) is 8.42 Å². The summed E-state index contributed by atoms with van der Waals surface area (Å²) in [5, 5.41) is 10.9. The Kier molecular flexibility index (Phi) is 6.77. The summed E-state index contributed by atoms with van der Waals surface area (Å²) in [6, 6.07) is 2.14. The molecule has 1 aliphatic heterocycles. The number of hydrogen-bond donors (Lipinski definition) is 1. The van der Waals surface area contributed by atoms with Crippen molar-refractivity contribution in [2.75, 3.05) is 33.7 Å². The molecule has 2 unspecified atom stereocenters. The second kappa shape index (κ2) is 8.95. The molecular weight excluding hydrogens is 412 g/mol. The molecule has 0 aliphatic carbocycles. The quantitative estimate of drug-likeness (QED) is 0.709. The number of sulfonamides is 1. The molecule has 0 radical (unpaired) electrons. The number of amides is 1. The maximum atomic E-state index is 13.1. The van der Waals surface area contributed by atoms with Crippen LogP contribution in [0.3, 0.4) is 0 Å². The van der Waals surface area contributed by atoms with Crippen LogP contribution in [-0.4, -0.2) is 62.4 Å². The fourth-order valence-corrected chi connectivity index (χ4v) is 6.27. The number of nitrogens with one attached hydrogen (secondary N) is 1. The summed E-state index contributed by atoms with van der Waals surface area (Å²) in [5.74, 6) is -0.200. The van der Waals surface area contributed by atoms with E-state index in [1.165, 1.54) is 4.31 Å². The van der Waals surface area contributed by atoms with E-state index in [1.807, 2.05) is 19.5 Å². The summed E-state index contributed by atoms with van der Waals surface area (Å²) in [6.07, 6.45) is 1.31. The number of aryl methyl sites for hydroxylation is 2. The van der Waals surface area contributed by atoms with Crippen LogP contribution in [0.4, 0.5) is 0 Å². The second-order valence-electron chi connectivity index (χ2n) is 7.64. The molecule has 0 saturated carbocycles. The molecule has 1 N–H and O–H groups in total. The Balaban J connectivity index is 1.66. The Hall–Kier alpha value is -1.75. The van der Waals surface area contributed by atoms with Gasteiger partial charge in [0.25, 0.3) is 0 Å². The topological polar surface area (TPSA) is 95.8 Å². The highest BCUT2D eigenvalue weighted by molar-refractivity contribution is 7.89. The number of nitrogens with zero attached hydrogens (tertiary/aromatic N) is 3. The van der Waals surface area contributed by atoms with E-state index in [4.69, 9.17) is 4.52 Å². The van der Waals surface area contributed by atoms with Crippen molar-refractivity contribution in [1.82, 2.24) is 19.7 Å². The summed E-state index contributed by atoms with van der Waals surface area (Å²) in [5.41, 5.74) is 1.50. The predicted octanol–water partition coefficient (Wildman–Crippen LogP) is 2.17. The number of aromatic nitrogens is 1. The third-order valence-corrected chi connectivity index (χ3v) is 8.15. The molecule has 2 aromatic rings. The number of likely N-dealkylation sites (N-methyl/N-ethyl adjacent to an activating group) is 1. The zero-order valence-electron chi connectivity index (χ0n) is 17.2. The molecule has 1 amide bonds. The summed E-state index contributed by atoms with van der Waals surface area (Å²) in [6.45, 7) is 4.25. The maximum absolute atomic E-state index is 13.1. The lowest BCUT2D eigenvalue weighted by atomic mass is 9.98. The van der Waals surface area contributed by atoms with Gasteiger partial charge in [-0.1, -0.05) is 5.16 Å². The van der Waals surface area contributed by atoms with Gasteiger partial charge in [-0.05, 0) is 63.2 Å². The largest absolute Gasteiger partial charge is 0.360 e. The molecule has 1 fully saturated rings. The van der Waals surface area contributed by atoms with Gasteiger partial charge in [0.05, 0.1) is 12.0 Å². The van der Waals surface area contributed by atoms with Gasteiger partial charge in [0.2, 0.25) is 15.9 Å². The van der Waals surface area contributed by atoms with Crippen LogP contribution < -0.4 is 5.32 Å². The molecule has 1 saturated heterocycles. The molecule has 3 heterocycles. The number of piperidine rings is 1. The van der Waals surface area contributed by atoms with E-state index in [1.54, 1.807) is 25.2 Å². The molecular formula is C19H28N4O4S2. The van der Waals surface area contributed by atoms with Crippen LogP contribution >= 0.6 is 11.3 Å². The Morgan fingerprint density at radius 3 is 2.79 bits per heavy atom. The molecule has 160 valence electrons. The minimum atomic E-state index is -3.74. The van der Waals surface area contributed by atoms with E-state index in [2.05, 4.69) is 26.8 Å². The highest BCUT2D eigenvalue weighted by Crippen LogP contribution is 2.28. The first-order valence-corrected chi connectivity index (χ1v) is 12.0. The number of carbonyl (C=O) groups excluding carboxylic acids is 1. The monoisotopic (exact) mass is 440 g/mol. The first kappa shape index (κ1) is 21.9. The normalized spacial score (nSPS) is 19.4. The third kappa shape index (κ3) is 4.71. The first-order chi connectivity index (χ1) is 13.7. The van der Waals surface area contributed by atoms with Gasteiger partial charge in [-0.15, -0.1) is 0 Å². The summed E-state index contributed by atoms with van der Waals surface area (Å²) < 4.78 is 32.5. The minimum Gasteiger partial charge on any atom is -0.360 e. The molecule has 1 aliphatic rings. The molecule has 0 spiro atoms. The fraction of sp³-hybridized carbons (Fsp3) is 0.579. The van der Waals surface area contributed by atoms with Crippen molar-refractivity contribution in [2.24, 2.45) is 5.92 Å². The Labute approximate surface area is 175 Å². The number of rotatable bonds is 7. The van der Waals surface area contributed by atoms with Crippen LogP contribution in [0.5, 0.6) is 0 Å². The third-order valence-electron chi connectivity index (χ3n) is 5.34. The van der Waals surface area contributed by atoms with Crippen LogP contribution in [0.25, 0.3) is 0 Å². The molecule has 0 aromatic carbocycles. The van der Waals surface area contributed by atoms with Crippen molar-refractivity contribution in [1.29, 1.82) is 0 Å². The highest BCUT2D eigenvalue weighted by Gasteiger charge is 2.36. The lowest BCUT2D eigenvalue weighted by Gasteiger charge is -2.32. The summed E-state index contributed by atoms with van der Waals surface area (Å²) in [4.78, 5) is 15.0. The molecule has 2 aromatic heterocycles. The summed E-state index contributed by atoms with van der Waals surface area (Å²) >= 11 is 1.63. The van der Waals surface area contributed by atoms with Gasteiger partial charge in [-0.3, -0.25) is 4.79 Å². The van der Waals surface area contributed by atoms with Crippen LogP contribution in [0.2, 0.25) is 0 Å². The Bertz CT molecular complexity index is 918. The van der Waals surface area contributed by atoms with Crippen LogP contribution in [0.15, 0.2) is 26.2 Å². The predicted molar refractivity (Wildman–Crippen MR) is 111 cm³/mol. The van der Waals surface area contributed by atoms with Gasteiger partial charge in [0, 0.05) is 19.6 Å². The number of hydrogen-bond acceptors (Lipinski definition) is 7. The molecule has 29 heavy (non-hydrogen) atoms. The number of thiophene rings is 1. The van der Waals surface area contributed by atoms with Crippen LogP contribution in [0.1, 0.15) is 35.9 Å². The first-order valence-electron chi connectivity index (χ1n) is 9.61.